The third-order valence-corrected chi connectivity index (χ3v) is 2.30. The predicted octanol–water partition coefficient (Wildman–Crippen LogP) is -0.0202. The lowest BCUT2D eigenvalue weighted by Crippen LogP contribution is -2.50. The number of hydrogen-bond donors (Lipinski definition) is 1. The van der Waals surface area contributed by atoms with Crippen LogP contribution in [0.1, 0.15) is 13.8 Å². The molecule has 0 aliphatic carbocycles. The van der Waals surface area contributed by atoms with Gasteiger partial charge in [0.1, 0.15) is 6.04 Å². The first-order chi connectivity index (χ1) is 7.65. The van der Waals surface area contributed by atoms with Crippen LogP contribution in [0, 0.1) is 0 Å². The molecule has 1 saturated heterocycles. The first kappa shape index (κ1) is 12.8. The Hall–Kier alpha value is -1.30. The summed E-state index contributed by atoms with van der Waals surface area (Å²) in [6, 6.07) is -0.558. The Balaban J connectivity index is 2.37. The molecule has 2 amide bonds. The largest absolute Gasteiger partial charge is 0.450 e. The molecule has 0 aromatic rings. The fourth-order valence-electron chi connectivity index (χ4n) is 1.47. The Kier molecular flexibility index (Phi) is 5.04. The van der Waals surface area contributed by atoms with Crippen LogP contribution in [0.2, 0.25) is 0 Å². The summed E-state index contributed by atoms with van der Waals surface area (Å²) in [5.74, 6) is -0.101. The van der Waals surface area contributed by atoms with Gasteiger partial charge in [-0.3, -0.25) is 4.79 Å². The summed E-state index contributed by atoms with van der Waals surface area (Å²) >= 11 is 0. The Labute approximate surface area is 94.9 Å². The lowest BCUT2D eigenvalue weighted by molar-refractivity contribution is -0.136. The van der Waals surface area contributed by atoms with Gasteiger partial charge in [0, 0.05) is 13.1 Å². The summed E-state index contributed by atoms with van der Waals surface area (Å²) < 4.78 is 9.85. The van der Waals surface area contributed by atoms with Crippen LogP contribution in [0.15, 0.2) is 0 Å². The zero-order chi connectivity index (χ0) is 12.0. The minimum atomic E-state index is -0.559. The highest BCUT2D eigenvalue weighted by Gasteiger charge is 2.23. The summed E-state index contributed by atoms with van der Waals surface area (Å²) in [7, 11) is 0. The number of morpholine rings is 1. The molecule has 1 heterocycles. The average molecular weight is 230 g/mol. The van der Waals surface area contributed by atoms with E-state index in [4.69, 9.17) is 9.47 Å². The lowest BCUT2D eigenvalue weighted by Gasteiger charge is -2.29. The van der Waals surface area contributed by atoms with Crippen molar-refractivity contribution in [3.63, 3.8) is 0 Å². The fourth-order valence-corrected chi connectivity index (χ4v) is 1.47. The summed E-state index contributed by atoms with van der Waals surface area (Å²) in [4.78, 5) is 24.6. The number of carbonyl (C=O) groups excluding carboxylic acids is 2. The third kappa shape index (κ3) is 3.69. The van der Waals surface area contributed by atoms with E-state index in [0.29, 0.717) is 32.9 Å². The minimum Gasteiger partial charge on any atom is -0.450 e. The maximum Gasteiger partial charge on any atom is 0.407 e. The van der Waals surface area contributed by atoms with Crippen LogP contribution in [0.25, 0.3) is 0 Å². The van der Waals surface area contributed by atoms with Crippen molar-refractivity contribution in [3.05, 3.63) is 0 Å². The smallest absolute Gasteiger partial charge is 0.407 e. The van der Waals surface area contributed by atoms with Crippen molar-refractivity contribution in [1.82, 2.24) is 10.2 Å². The van der Waals surface area contributed by atoms with E-state index in [1.165, 1.54) is 0 Å². The van der Waals surface area contributed by atoms with E-state index in [9.17, 15) is 9.59 Å². The van der Waals surface area contributed by atoms with E-state index < -0.39 is 12.1 Å². The van der Waals surface area contributed by atoms with Crippen LogP contribution in [-0.2, 0) is 14.3 Å². The first-order valence-corrected chi connectivity index (χ1v) is 5.45. The molecule has 0 unspecified atom stereocenters. The SMILES string of the molecule is CCOC(=O)N[C@@H](C)C(=O)N1CCOCC1. The molecule has 6 heteroatoms. The van der Waals surface area contributed by atoms with E-state index in [-0.39, 0.29) is 5.91 Å². The monoisotopic (exact) mass is 230 g/mol. The average Bonchev–Trinajstić information content (AvgIpc) is 2.29. The second kappa shape index (κ2) is 6.32. The molecule has 0 saturated carbocycles. The van der Waals surface area contributed by atoms with Crippen molar-refractivity contribution in [1.29, 1.82) is 0 Å². The summed E-state index contributed by atoms with van der Waals surface area (Å²) in [5, 5.41) is 2.48. The molecule has 1 aliphatic heterocycles. The molecule has 1 rings (SSSR count). The molecule has 0 spiro atoms. The van der Waals surface area contributed by atoms with Crippen molar-refractivity contribution < 1.29 is 19.1 Å². The second-order valence-corrected chi connectivity index (χ2v) is 3.52. The van der Waals surface area contributed by atoms with Gasteiger partial charge in [0.15, 0.2) is 0 Å². The zero-order valence-corrected chi connectivity index (χ0v) is 9.69. The summed E-state index contributed by atoms with van der Waals surface area (Å²) in [6.45, 7) is 5.92. The van der Waals surface area contributed by atoms with Crippen molar-refractivity contribution in [2.24, 2.45) is 0 Å². The van der Waals surface area contributed by atoms with Crippen molar-refractivity contribution in [2.75, 3.05) is 32.9 Å². The van der Waals surface area contributed by atoms with Gasteiger partial charge >= 0.3 is 6.09 Å². The molecular formula is C10H18N2O4. The molecule has 0 radical (unpaired) electrons. The van der Waals surface area contributed by atoms with Gasteiger partial charge in [-0.1, -0.05) is 0 Å². The Bertz CT molecular complexity index is 251. The molecule has 0 aromatic heterocycles. The van der Waals surface area contributed by atoms with Crippen LogP contribution in [0.4, 0.5) is 4.79 Å². The van der Waals surface area contributed by atoms with Gasteiger partial charge in [-0.2, -0.15) is 0 Å². The van der Waals surface area contributed by atoms with E-state index >= 15 is 0 Å². The van der Waals surface area contributed by atoms with E-state index in [1.54, 1.807) is 18.7 Å². The number of hydrogen-bond acceptors (Lipinski definition) is 4. The first-order valence-electron chi connectivity index (χ1n) is 5.45. The molecule has 1 aliphatic rings. The standard InChI is InChI=1S/C10H18N2O4/c1-3-16-10(14)11-8(2)9(13)12-4-6-15-7-5-12/h8H,3-7H2,1-2H3,(H,11,14)/t8-/m0/s1. The van der Waals surface area contributed by atoms with Crippen LogP contribution < -0.4 is 5.32 Å². The Morgan fingerprint density at radius 3 is 2.62 bits per heavy atom. The number of rotatable bonds is 3. The number of alkyl carbamates (subject to hydrolysis) is 1. The van der Waals surface area contributed by atoms with E-state index in [0.717, 1.165) is 0 Å². The van der Waals surface area contributed by atoms with Crippen molar-refractivity contribution >= 4 is 12.0 Å². The van der Waals surface area contributed by atoms with Gasteiger partial charge < -0.3 is 19.7 Å². The normalized spacial score (nSPS) is 17.8. The molecule has 0 aromatic carbocycles. The van der Waals surface area contributed by atoms with E-state index in [2.05, 4.69) is 5.32 Å². The van der Waals surface area contributed by atoms with Crippen LogP contribution in [-0.4, -0.2) is 55.9 Å². The number of nitrogens with one attached hydrogen (secondary N) is 1. The van der Waals surface area contributed by atoms with Crippen LogP contribution in [0.5, 0.6) is 0 Å². The van der Waals surface area contributed by atoms with Gasteiger partial charge in [0.05, 0.1) is 19.8 Å². The number of carbonyl (C=O) groups is 2. The second-order valence-electron chi connectivity index (χ2n) is 3.52. The molecule has 1 atom stereocenters. The number of amides is 2. The maximum atomic E-state index is 11.8. The van der Waals surface area contributed by atoms with E-state index in [1.807, 2.05) is 0 Å². The van der Waals surface area contributed by atoms with Crippen LogP contribution in [0.3, 0.4) is 0 Å². The number of nitrogens with zero attached hydrogens (tertiary/aromatic N) is 1. The minimum absolute atomic E-state index is 0.101. The highest BCUT2D eigenvalue weighted by atomic mass is 16.5. The summed E-state index contributed by atoms with van der Waals surface area (Å²) in [5.41, 5.74) is 0. The van der Waals surface area contributed by atoms with Gasteiger partial charge in [0.2, 0.25) is 5.91 Å². The van der Waals surface area contributed by atoms with Gasteiger partial charge in [-0.05, 0) is 13.8 Å². The molecule has 6 nitrogen and oxygen atoms in total. The fraction of sp³-hybridized carbons (Fsp3) is 0.800. The molecule has 1 fully saturated rings. The van der Waals surface area contributed by atoms with Gasteiger partial charge in [-0.15, -0.1) is 0 Å². The highest BCUT2D eigenvalue weighted by molar-refractivity contribution is 5.85. The molecule has 16 heavy (non-hydrogen) atoms. The Morgan fingerprint density at radius 2 is 2.06 bits per heavy atom. The van der Waals surface area contributed by atoms with Gasteiger partial charge in [-0.25, -0.2) is 4.79 Å². The summed E-state index contributed by atoms with van der Waals surface area (Å²) in [6.07, 6.45) is -0.559. The maximum absolute atomic E-state index is 11.8. The molecule has 0 bridgehead atoms. The Morgan fingerprint density at radius 1 is 1.44 bits per heavy atom. The quantitative estimate of drug-likeness (QED) is 0.740. The van der Waals surface area contributed by atoms with Gasteiger partial charge in [0.25, 0.3) is 0 Å². The third-order valence-electron chi connectivity index (χ3n) is 2.30. The highest BCUT2D eigenvalue weighted by Crippen LogP contribution is 2.00. The zero-order valence-electron chi connectivity index (χ0n) is 9.69. The van der Waals surface area contributed by atoms with Crippen molar-refractivity contribution in [3.8, 4) is 0 Å². The van der Waals surface area contributed by atoms with Crippen molar-refractivity contribution in [2.45, 2.75) is 19.9 Å². The van der Waals surface area contributed by atoms with Crippen LogP contribution >= 0.6 is 0 Å². The number of ether oxygens (including phenoxy) is 2. The molecular weight excluding hydrogens is 212 g/mol. The molecule has 1 N–H and O–H groups in total. The molecule has 92 valence electrons. The predicted molar refractivity (Wildman–Crippen MR) is 57.0 cm³/mol. The topological polar surface area (TPSA) is 67.9 Å². The lowest BCUT2D eigenvalue weighted by atomic mass is 10.2.